The van der Waals surface area contributed by atoms with Gasteiger partial charge < -0.3 is 15.1 Å². The predicted molar refractivity (Wildman–Crippen MR) is 91.1 cm³/mol. The van der Waals surface area contributed by atoms with Crippen LogP contribution in [-0.2, 0) is 12.8 Å². The van der Waals surface area contributed by atoms with Crippen LogP contribution in [-0.4, -0.2) is 25.6 Å². The van der Waals surface area contributed by atoms with E-state index in [4.69, 9.17) is 4.42 Å². The van der Waals surface area contributed by atoms with Crippen molar-refractivity contribution in [2.24, 2.45) is 4.99 Å². The summed E-state index contributed by atoms with van der Waals surface area (Å²) in [6.07, 6.45) is 4.08. The highest BCUT2D eigenvalue weighted by atomic mass is 19.1. The summed E-state index contributed by atoms with van der Waals surface area (Å²) in [6, 6.07) is 10.7. The zero-order valence-corrected chi connectivity index (χ0v) is 13.5. The van der Waals surface area contributed by atoms with Gasteiger partial charge in [-0.15, -0.1) is 0 Å². The Hall–Kier alpha value is -2.30. The zero-order chi connectivity index (χ0) is 16.3. The third-order valence-electron chi connectivity index (χ3n) is 3.38. The molecule has 23 heavy (non-hydrogen) atoms. The van der Waals surface area contributed by atoms with Gasteiger partial charge in [0.05, 0.1) is 6.26 Å². The van der Waals surface area contributed by atoms with Gasteiger partial charge in [-0.25, -0.2) is 4.39 Å². The lowest BCUT2D eigenvalue weighted by molar-refractivity contribution is 0.506. The van der Waals surface area contributed by atoms with Crippen LogP contribution in [0.4, 0.5) is 4.39 Å². The van der Waals surface area contributed by atoms with Crippen molar-refractivity contribution in [3.8, 4) is 0 Å². The van der Waals surface area contributed by atoms with Crippen LogP contribution in [0.15, 0.2) is 52.1 Å². The lowest BCUT2D eigenvalue weighted by atomic mass is 10.1. The summed E-state index contributed by atoms with van der Waals surface area (Å²) in [6.45, 7) is 4.22. The van der Waals surface area contributed by atoms with Gasteiger partial charge in [0, 0.05) is 26.1 Å². The Balaban J connectivity index is 1.77. The molecule has 1 aromatic carbocycles. The second-order valence-electron chi connectivity index (χ2n) is 5.25. The molecule has 124 valence electrons. The standard InChI is InChI=1S/C18H24FN3O/c1-2-11-20-18(22-13-10-16-7-5-14-23-16)21-12-9-15-6-3-4-8-17(15)19/h3-8,14H,2,9-13H2,1H3,(H2,20,21,22). The smallest absolute Gasteiger partial charge is 0.191 e. The Bertz CT molecular complexity index is 596. The van der Waals surface area contributed by atoms with Crippen molar-refractivity contribution < 1.29 is 8.81 Å². The first-order valence-electron chi connectivity index (χ1n) is 8.07. The maximum absolute atomic E-state index is 13.6. The molecular formula is C18H24FN3O. The second-order valence-corrected chi connectivity index (χ2v) is 5.25. The quantitative estimate of drug-likeness (QED) is 0.581. The number of hydrogen-bond acceptors (Lipinski definition) is 2. The highest BCUT2D eigenvalue weighted by Crippen LogP contribution is 2.06. The van der Waals surface area contributed by atoms with Gasteiger partial charge in [-0.05, 0) is 36.6 Å². The van der Waals surface area contributed by atoms with E-state index in [1.165, 1.54) is 6.07 Å². The van der Waals surface area contributed by atoms with Crippen LogP contribution < -0.4 is 10.6 Å². The lowest BCUT2D eigenvalue weighted by Crippen LogP contribution is -2.39. The molecule has 0 amide bonds. The summed E-state index contributed by atoms with van der Waals surface area (Å²) in [5.74, 6) is 1.54. The van der Waals surface area contributed by atoms with Crippen molar-refractivity contribution in [2.75, 3.05) is 19.6 Å². The van der Waals surface area contributed by atoms with Crippen molar-refractivity contribution in [2.45, 2.75) is 26.2 Å². The van der Waals surface area contributed by atoms with E-state index in [9.17, 15) is 4.39 Å². The molecule has 1 aromatic heterocycles. The first-order chi connectivity index (χ1) is 11.3. The lowest BCUT2D eigenvalue weighted by Gasteiger charge is -2.12. The summed E-state index contributed by atoms with van der Waals surface area (Å²) in [7, 11) is 0. The van der Waals surface area contributed by atoms with Crippen LogP contribution >= 0.6 is 0 Å². The van der Waals surface area contributed by atoms with Gasteiger partial charge >= 0.3 is 0 Å². The van der Waals surface area contributed by atoms with Crippen molar-refractivity contribution in [1.29, 1.82) is 0 Å². The van der Waals surface area contributed by atoms with Gasteiger partial charge in [0.15, 0.2) is 5.96 Å². The molecule has 0 unspecified atom stereocenters. The number of nitrogens with one attached hydrogen (secondary N) is 2. The Labute approximate surface area is 136 Å². The monoisotopic (exact) mass is 317 g/mol. The maximum Gasteiger partial charge on any atom is 0.191 e. The van der Waals surface area contributed by atoms with Gasteiger partial charge in [-0.3, -0.25) is 4.99 Å². The topological polar surface area (TPSA) is 49.6 Å². The molecule has 2 N–H and O–H groups in total. The molecule has 0 aliphatic carbocycles. The van der Waals surface area contributed by atoms with Crippen LogP contribution in [0.2, 0.25) is 0 Å². The Morgan fingerprint density at radius 3 is 2.57 bits per heavy atom. The molecule has 0 saturated carbocycles. The highest BCUT2D eigenvalue weighted by molar-refractivity contribution is 5.79. The molecular weight excluding hydrogens is 293 g/mol. The maximum atomic E-state index is 13.6. The van der Waals surface area contributed by atoms with Crippen molar-refractivity contribution >= 4 is 5.96 Å². The Kier molecular flexibility index (Phi) is 7.17. The van der Waals surface area contributed by atoms with Crippen molar-refractivity contribution in [1.82, 2.24) is 10.6 Å². The molecule has 0 saturated heterocycles. The van der Waals surface area contributed by atoms with Gasteiger partial charge in [-0.1, -0.05) is 25.1 Å². The molecule has 1 heterocycles. The zero-order valence-electron chi connectivity index (χ0n) is 13.5. The summed E-state index contributed by atoms with van der Waals surface area (Å²) < 4.78 is 18.9. The second kappa shape index (κ2) is 9.66. The number of furan rings is 1. The molecule has 0 aliphatic rings. The van der Waals surface area contributed by atoms with Crippen molar-refractivity contribution in [3.05, 3.63) is 59.8 Å². The van der Waals surface area contributed by atoms with Gasteiger partial charge in [0.2, 0.25) is 0 Å². The number of rotatable bonds is 8. The van der Waals surface area contributed by atoms with Gasteiger partial charge in [0.25, 0.3) is 0 Å². The number of benzene rings is 1. The molecule has 2 rings (SSSR count). The highest BCUT2D eigenvalue weighted by Gasteiger charge is 2.03. The molecule has 0 spiro atoms. The third-order valence-corrected chi connectivity index (χ3v) is 3.38. The summed E-state index contributed by atoms with van der Waals surface area (Å²) in [4.78, 5) is 4.48. The molecule has 0 atom stereocenters. The van der Waals surface area contributed by atoms with E-state index in [1.54, 1.807) is 12.3 Å². The van der Waals surface area contributed by atoms with E-state index in [2.05, 4.69) is 22.5 Å². The SMILES string of the molecule is CCCN=C(NCCc1ccco1)NCCc1ccccc1F. The molecule has 0 aliphatic heterocycles. The Morgan fingerprint density at radius 1 is 1.09 bits per heavy atom. The number of nitrogens with zero attached hydrogens (tertiary/aromatic N) is 1. The predicted octanol–water partition coefficient (Wildman–Crippen LogP) is 3.15. The number of aliphatic imine (C=N–C) groups is 1. The summed E-state index contributed by atoms with van der Waals surface area (Å²) in [5, 5.41) is 6.53. The van der Waals surface area contributed by atoms with E-state index >= 15 is 0 Å². The minimum atomic E-state index is -0.160. The normalized spacial score (nSPS) is 11.5. The Morgan fingerprint density at radius 2 is 1.87 bits per heavy atom. The first kappa shape index (κ1) is 17.1. The van der Waals surface area contributed by atoms with Crippen LogP contribution in [0.25, 0.3) is 0 Å². The fourth-order valence-corrected chi connectivity index (χ4v) is 2.17. The van der Waals surface area contributed by atoms with Gasteiger partial charge in [0.1, 0.15) is 11.6 Å². The average Bonchev–Trinajstić information content (AvgIpc) is 3.07. The fourth-order valence-electron chi connectivity index (χ4n) is 2.17. The molecule has 5 heteroatoms. The molecule has 0 bridgehead atoms. The first-order valence-corrected chi connectivity index (χ1v) is 8.07. The van der Waals surface area contributed by atoms with Crippen LogP contribution in [0.5, 0.6) is 0 Å². The van der Waals surface area contributed by atoms with Gasteiger partial charge in [-0.2, -0.15) is 0 Å². The summed E-state index contributed by atoms with van der Waals surface area (Å²) in [5.41, 5.74) is 0.713. The molecule has 2 aromatic rings. The van der Waals surface area contributed by atoms with E-state index in [-0.39, 0.29) is 5.82 Å². The van der Waals surface area contributed by atoms with Crippen molar-refractivity contribution in [3.63, 3.8) is 0 Å². The minimum absolute atomic E-state index is 0.160. The third kappa shape index (κ3) is 6.14. The van der Waals surface area contributed by atoms with E-state index in [0.717, 1.165) is 37.7 Å². The van der Waals surface area contributed by atoms with E-state index in [1.807, 2.05) is 24.3 Å². The molecule has 0 radical (unpaired) electrons. The minimum Gasteiger partial charge on any atom is -0.469 e. The van der Waals surface area contributed by atoms with Crippen LogP contribution in [0.1, 0.15) is 24.7 Å². The largest absolute Gasteiger partial charge is 0.469 e. The molecule has 0 fully saturated rings. The number of guanidine groups is 1. The van der Waals surface area contributed by atoms with Crippen LogP contribution in [0, 0.1) is 5.82 Å². The van der Waals surface area contributed by atoms with E-state index in [0.29, 0.717) is 18.5 Å². The fraction of sp³-hybridized carbons (Fsp3) is 0.389. The van der Waals surface area contributed by atoms with Crippen LogP contribution in [0.3, 0.4) is 0 Å². The summed E-state index contributed by atoms with van der Waals surface area (Å²) >= 11 is 0. The number of hydrogen-bond donors (Lipinski definition) is 2. The van der Waals surface area contributed by atoms with E-state index < -0.39 is 0 Å². The number of halogens is 1. The average molecular weight is 317 g/mol. The molecule has 4 nitrogen and oxygen atoms in total.